The minimum atomic E-state index is -0.425. The molecule has 0 spiro atoms. The second-order valence-electron chi connectivity index (χ2n) is 13.2. The Morgan fingerprint density at radius 2 is 1.49 bits per heavy atom. The Balaban J connectivity index is 1.08. The Labute approximate surface area is 293 Å². The lowest BCUT2D eigenvalue weighted by atomic mass is 10.0. The molecule has 0 aromatic heterocycles. The van der Waals surface area contributed by atoms with Gasteiger partial charge in [0, 0.05) is 70.9 Å². The lowest BCUT2D eigenvalue weighted by Crippen LogP contribution is -2.42. The van der Waals surface area contributed by atoms with Crippen molar-refractivity contribution in [1.82, 2.24) is 19.6 Å². The molecule has 264 valence electrons. The topological polar surface area (TPSA) is 85.4 Å². The molecule has 4 rings (SSSR count). The summed E-state index contributed by atoms with van der Waals surface area (Å²) in [5.74, 6) is 0.260. The van der Waals surface area contributed by atoms with E-state index in [4.69, 9.17) is 4.74 Å². The maximum absolute atomic E-state index is 12.9. The number of hydrogen-bond donors (Lipinski definition) is 1. The van der Waals surface area contributed by atoms with Crippen LogP contribution in [0.3, 0.4) is 0 Å². The van der Waals surface area contributed by atoms with Gasteiger partial charge in [-0.3, -0.25) is 14.9 Å². The summed E-state index contributed by atoms with van der Waals surface area (Å²) in [6, 6.07) is 25.6. The third-order valence-corrected chi connectivity index (χ3v) is 9.26. The number of hydrogen-bond acceptors (Lipinski definition) is 6. The molecule has 3 aromatic rings. The van der Waals surface area contributed by atoms with Crippen LogP contribution in [-0.2, 0) is 16.1 Å². The van der Waals surface area contributed by atoms with Crippen LogP contribution in [0.5, 0.6) is 0 Å². The first-order valence-corrected chi connectivity index (χ1v) is 17.9. The molecule has 3 aromatic carbocycles. The van der Waals surface area contributed by atoms with Gasteiger partial charge in [0.2, 0.25) is 5.91 Å². The third kappa shape index (κ3) is 12.0. The van der Waals surface area contributed by atoms with Gasteiger partial charge in [0.1, 0.15) is 6.10 Å². The average Bonchev–Trinajstić information content (AvgIpc) is 3.11. The molecule has 0 unspecified atom stereocenters. The summed E-state index contributed by atoms with van der Waals surface area (Å²) in [5, 5.41) is 2.94. The highest BCUT2D eigenvalue weighted by molar-refractivity contribution is 5.95. The molecule has 0 atom stereocenters. The van der Waals surface area contributed by atoms with Crippen LogP contribution in [0.25, 0.3) is 11.1 Å². The van der Waals surface area contributed by atoms with Crippen molar-refractivity contribution in [3.8, 4) is 11.1 Å². The third-order valence-electron chi connectivity index (χ3n) is 9.26. The second kappa shape index (κ2) is 19.7. The number of para-hydroxylation sites is 1. The van der Waals surface area contributed by atoms with E-state index < -0.39 is 6.09 Å². The molecule has 0 radical (unpaired) electrons. The highest BCUT2D eigenvalue weighted by atomic mass is 16.6. The number of likely N-dealkylation sites (N-methyl/N-ethyl adjacent to an activating group) is 1. The van der Waals surface area contributed by atoms with E-state index in [9.17, 15) is 14.4 Å². The van der Waals surface area contributed by atoms with Gasteiger partial charge in [-0.25, -0.2) is 4.79 Å². The van der Waals surface area contributed by atoms with Crippen LogP contribution < -0.4 is 5.32 Å². The van der Waals surface area contributed by atoms with Gasteiger partial charge in [0.05, 0.1) is 5.69 Å². The van der Waals surface area contributed by atoms with Crippen molar-refractivity contribution in [2.45, 2.75) is 64.5 Å². The number of rotatable bonds is 17. The normalized spacial score (nSPS) is 13.7. The molecule has 9 heteroatoms. The highest BCUT2D eigenvalue weighted by Gasteiger charge is 2.23. The van der Waals surface area contributed by atoms with Crippen molar-refractivity contribution in [1.29, 1.82) is 0 Å². The van der Waals surface area contributed by atoms with Crippen molar-refractivity contribution in [3.05, 3.63) is 90.0 Å². The molecule has 9 nitrogen and oxygen atoms in total. The number of nitrogens with one attached hydrogen (secondary N) is 1. The number of amides is 3. The van der Waals surface area contributed by atoms with Gasteiger partial charge in [-0.15, -0.1) is 0 Å². The van der Waals surface area contributed by atoms with Crippen LogP contribution in [0.4, 0.5) is 10.5 Å². The minimum absolute atomic E-state index is 0.0773. The predicted molar refractivity (Wildman–Crippen MR) is 198 cm³/mol. The van der Waals surface area contributed by atoms with Gasteiger partial charge in [-0.2, -0.15) is 0 Å². The van der Waals surface area contributed by atoms with E-state index in [-0.39, 0.29) is 17.9 Å². The zero-order valence-corrected chi connectivity index (χ0v) is 29.9. The van der Waals surface area contributed by atoms with Crippen LogP contribution in [0.1, 0.15) is 67.8 Å². The zero-order valence-electron chi connectivity index (χ0n) is 29.9. The fourth-order valence-electron chi connectivity index (χ4n) is 6.32. The van der Waals surface area contributed by atoms with Gasteiger partial charge in [-0.1, -0.05) is 80.1 Å². The number of carbonyl (C=O) groups is 3. The van der Waals surface area contributed by atoms with E-state index in [2.05, 4.69) is 29.1 Å². The number of nitrogens with zero attached hydrogens (tertiary/aromatic N) is 4. The molecule has 1 N–H and O–H groups in total. The SMILES string of the molecule is CCCN(C)C(=O)c1ccccc1CN(C)CCCCCC(=O)N(C)CCN1CCC(OC(=O)Nc2ccccc2-c2ccccc2)CC1. The minimum Gasteiger partial charge on any atom is -0.446 e. The number of unbranched alkanes of at least 4 members (excludes halogenated alkanes) is 2. The van der Waals surface area contributed by atoms with Crippen molar-refractivity contribution >= 4 is 23.6 Å². The number of benzene rings is 3. The van der Waals surface area contributed by atoms with Gasteiger partial charge >= 0.3 is 6.09 Å². The van der Waals surface area contributed by atoms with Gasteiger partial charge in [0.15, 0.2) is 0 Å². The maximum atomic E-state index is 12.9. The van der Waals surface area contributed by atoms with Gasteiger partial charge in [0.25, 0.3) is 5.91 Å². The van der Waals surface area contributed by atoms with Gasteiger partial charge < -0.3 is 24.3 Å². The first kappa shape index (κ1) is 37.6. The lowest BCUT2D eigenvalue weighted by molar-refractivity contribution is -0.130. The molecule has 0 bridgehead atoms. The maximum Gasteiger partial charge on any atom is 0.411 e. The van der Waals surface area contributed by atoms with E-state index in [1.54, 1.807) is 4.90 Å². The summed E-state index contributed by atoms with van der Waals surface area (Å²) in [5.41, 5.74) is 4.56. The Morgan fingerprint density at radius 3 is 2.24 bits per heavy atom. The number of likely N-dealkylation sites (tertiary alicyclic amines) is 1. The number of anilines is 1. The molecule has 0 saturated carbocycles. The van der Waals surface area contributed by atoms with Crippen LogP contribution in [0.15, 0.2) is 78.9 Å². The molecular weight excluding hydrogens is 614 g/mol. The molecule has 3 amide bonds. The standard InChI is InChI=1S/C40H55N5O4/c1-5-25-44(4)39(47)36-20-12-11-18-33(36)31-42(2)26-15-7-10-22-38(46)43(3)29-30-45-27-23-34(24-28-45)49-40(48)41-37-21-14-13-19-35(37)32-16-8-6-9-17-32/h6,8-9,11-14,16-21,34H,5,7,10,15,22-31H2,1-4H3,(H,41,48). The Hall–Kier alpha value is -4.21. The largest absolute Gasteiger partial charge is 0.446 e. The summed E-state index contributed by atoms with van der Waals surface area (Å²) in [4.78, 5) is 46.6. The number of carbonyl (C=O) groups excluding carboxylic acids is 3. The Bertz CT molecular complexity index is 1470. The molecular formula is C40H55N5O4. The molecule has 1 aliphatic heterocycles. The van der Waals surface area contributed by atoms with E-state index in [1.807, 2.05) is 97.9 Å². The summed E-state index contributed by atoms with van der Waals surface area (Å²) in [6.45, 7) is 7.64. The molecule has 1 heterocycles. The summed E-state index contributed by atoms with van der Waals surface area (Å²) >= 11 is 0. The van der Waals surface area contributed by atoms with Crippen molar-refractivity contribution in [2.24, 2.45) is 0 Å². The molecule has 1 aliphatic rings. The Morgan fingerprint density at radius 1 is 0.796 bits per heavy atom. The fourth-order valence-corrected chi connectivity index (χ4v) is 6.32. The number of ether oxygens (including phenoxy) is 1. The lowest BCUT2D eigenvalue weighted by Gasteiger charge is -2.32. The van der Waals surface area contributed by atoms with E-state index in [0.717, 1.165) is 106 Å². The smallest absolute Gasteiger partial charge is 0.411 e. The van der Waals surface area contributed by atoms with Crippen LogP contribution in [0.2, 0.25) is 0 Å². The quantitative estimate of drug-likeness (QED) is 0.156. The van der Waals surface area contributed by atoms with Crippen molar-refractivity contribution in [3.63, 3.8) is 0 Å². The van der Waals surface area contributed by atoms with Crippen LogP contribution in [0, 0.1) is 0 Å². The predicted octanol–water partition coefficient (Wildman–Crippen LogP) is 7.00. The monoisotopic (exact) mass is 669 g/mol. The fraction of sp³-hybridized carbons (Fsp3) is 0.475. The van der Waals surface area contributed by atoms with Crippen molar-refractivity contribution in [2.75, 3.05) is 65.7 Å². The first-order valence-electron chi connectivity index (χ1n) is 17.9. The van der Waals surface area contributed by atoms with Crippen molar-refractivity contribution < 1.29 is 19.1 Å². The summed E-state index contributed by atoms with van der Waals surface area (Å²) in [6.07, 6.45) is 5.36. The first-order chi connectivity index (χ1) is 23.7. The molecule has 49 heavy (non-hydrogen) atoms. The zero-order chi connectivity index (χ0) is 35.0. The Kier molecular flexibility index (Phi) is 15.1. The van der Waals surface area contributed by atoms with Gasteiger partial charge in [-0.05, 0) is 69.0 Å². The van der Waals surface area contributed by atoms with E-state index in [0.29, 0.717) is 13.0 Å². The van der Waals surface area contributed by atoms with Crippen LogP contribution in [-0.4, -0.2) is 104 Å². The van der Waals surface area contributed by atoms with E-state index >= 15 is 0 Å². The summed E-state index contributed by atoms with van der Waals surface area (Å²) < 4.78 is 5.78. The van der Waals surface area contributed by atoms with Crippen LogP contribution >= 0.6 is 0 Å². The average molecular weight is 670 g/mol. The molecule has 1 saturated heterocycles. The van der Waals surface area contributed by atoms with E-state index in [1.165, 1.54) is 0 Å². The number of piperidine rings is 1. The second-order valence-corrected chi connectivity index (χ2v) is 13.2. The molecule has 0 aliphatic carbocycles. The summed E-state index contributed by atoms with van der Waals surface area (Å²) in [7, 11) is 5.84. The highest BCUT2D eigenvalue weighted by Crippen LogP contribution is 2.28. The molecule has 1 fully saturated rings.